The van der Waals surface area contributed by atoms with Crippen molar-refractivity contribution in [3.05, 3.63) is 53.7 Å². The van der Waals surface area contributed by atoms with Crippen LogP contribution in [0.3, 0.4) is 0 Å². The molecule has 0 N–H and O–H groups in total. The lowest BCUT2D eigenvalue weighted by molar-refractivity contribution is 0.590. The zero-order valence-corrected chi connectivity index (χ0v) is 14.1. The molecule has 4 heteroatoms. The second-order valence-corrected chi connectivity index (χ2v) is 7.38. The third-order valence-corrected chi connectivity index (χ3v) is 4.50. The number of aryl methyl sites for hydroxylation is 1. The lowest BCUT2D eigenvalue weighted by Crippen LogP contribution is -2.10. The maximum Gasteiger partial charge on any atom is 0.166 e. The van der Waals surface area contributed by atoms with Crippen LogP contribution in [0.4, 0.5) is 0 Å². The first-order chi connectivity index (χ1) is 10.4. The maximum absolute atomic E-state index is 4.52. The van der Waals surface area contributed by atoms with Crippen molar-refractivity contribution in [3.8, 4) is 21.3 Å². The highest BCUT2D eigenvalue weighted by molar-refractivity contribution is 7.17. The molecular weight excluding hydrogens is 290 g/mol. The molecule has 0 bridgehead atoms. The van der Waals surface area contributed by atoms with E-state index in [9.17, 15) is 0 Å². The standard InChI is InChI=1S/C18H19N3S/c1-12-7-5-10-15(19-12)17-21-20-16(22-17)13-8-6-9-14(11-13)18(2,3)4/h5-11H,1-4H3. The van der Waals surface area contributed by atoms with Crippen molar-refractivity contribution in [2.75, 3.05) is 0 Å². The summed E-state index contributed by atoms with van der Waals surface area (Å²) < 4.78 is 0. The van der Waals surface area contributed by atoms with Gasteiger partial charge in [-0.1, -0.05) is 56.4 Å². The second kappa shape index (κ2) is 5.61. The van der Waals surface area contributed by atoms with Gasteiger partial charge in [0, 0.05) is 11.3 Å². The topological polar surface area (TPSA) is 38.7 Å². The molecule has 0 aliphatic carbocycles. The molecular formula is C18H19N3S. The summed E-state index contributed by atoms with van der Waals surface area (Å²) in [5, 5.41) is 10.4. The fourth-order valence-electron chi connectivity index (χ4n) is 2.22. The smallest absolute Gasteiger partial charge is 0.166 e. The van der Waals surface area contributed by atoms with Crippen molar-refractivity contribution in [3.63, 3.8) is 0 Å². The summed E-state index contributed by atoms with van der Waals surface area (Å²) in [5.41, 5.74) is 4.42. The number of hydrogen-bond donors (Lipinski definition) is 0. The van der Waals surface area contributed by atoms with Gasteiger partial charge in [-0.25, -0.2) is 0 Å². The molecule has 0 amide bonds. The molecule has 22 heavy (non-hydrogen) atoms. The number of nitrogens with zero attached hydrogens (tertiary/aromatic N) is 3. The largest absolute Gasteiger partial charge is 0.251 e. The van der Waals surface area contributed by atoms with E-state index < -0.39 is 0 Å². The van der Waals surface area contributed by atoms with E-state index >= 15 is 0 Å². The van der Waals surface area contributed by atoms with Crippen LogP contribution < -0.4 is 0 Å². The van der Waals surface area contributed by atoms with Crippen molar-refractivity contribution >= 4 is 11.3 Å². The van der Waals surface area contributed by atoms with Crippen LogP contribution in [0.5, 0.6) is 0 Å². The summed E-state index contributed by atoms with van der Waals surface area (Å²) in [5.74, 6) is 0. The predicted molar refractivity (Wildman–Crippen MR) is 92.0 cm³/mol. The van der Waals surface area contributed by atoms with Crippen LogP contribution >= 0.6 is 11.3 Å². The van der Waals surface area contributed by atoms with Crippen molar-refractivity contribution in [1.82, 2.24) is 15.2 Å². The third kappa shape index (κ3) is 3.07. The van der Waals surface area contributed by atoms with E-state index in [1.54, 1.807) is 11.3 Å². The Morgan fingerprint density at radius 3 is 2.36 bits per heavy atom. The normalized spacial score (nSPS) is 11.6. The summed E-state index contributed by atoms with van der Waals surface area (Å²) in [4.78, 5) is 4.52. The first kappa shape index (κ1) is 14.9. The van der Waals surface area contributed by atoms with Crippen molar-refractivity contribution < 1.29 is 0 Å². The van der Waals surface area contributed by atoms with Crippen LogP contribution in [0.25, 0.3) is 21.3 Å². The lowest BCUT2D eigenvalue weighted by Gasteiger charge is -2.19. The lowest BCUT2D eigenvalue weighted by atomic mass is 9.86. The highest BCUT2D eigenvalue weighted by Gasteiger charge is 2.16. The van der Waals surface area contributed by atoms with E-state index in [4.69, 9.17) is 0 Å². The van der Waals surface area contributed by atoms with Crippen LogP contribution in [0.2, 0.25) is 0 Å². The minimum absolute atomic E-state index is 0.127. The summed E-state index contributed by atoms with van der Waals surface area (Å²) in [6.45, 7) is 8.63. The summed E-state index contributed by atoms with van der Waals surface area (Å²) in [7, 11) is 0. The SMILES string of the molecule is Cc1cccc(-c2nnc(-c3cccc(C(C)(C)C)c3)s2)n1. The van der Waals surface area contributed by atoms with E-state index in [-0.39, 0.29) is 5.41 Å². The summed E-state index contributed by atoms with van der Waals surface area (Å²) in [6, 6.07) is 14.5. The second-order valence-electron chi connectivity index (χ2n) is 6.41. The van der Waals surface area contributed by atoms with Gasteiger partial charge in [0.25, 0.3) is 0 Å². The molecule has 0 atom stereocenters. The van der Waals surface area contributed by atoms with Crippen LogP contribution in [-0.4, -0.2) is 15.2 Å². The number of pyridine rings is 1. The van der Waals surface area contributed by atoms with Crippen molar-refractivity contribution in [2.45, 2.75) is 33.1 Å². The van der Waals surface area contributed by atoms with Gasteiger partial charge in [0.2, 0.25) is 0 Å². The van der Waals surface area contributed by atoms with Gasteiger partial charge >= 0.3 is 0 Å². The van der Waals surface area contributed by atoms with Crippen LogP contribution in [0.1, 0.15) is 32.0 Å². The quantitative estimate of drug-likeness (QED) is 0.677. The molecule has 0 spiro atoms. The molecule has 2 aromatic heterocycles. The minimum Gasteiger partial charge on any atom is -0.251 e. The zero-order chi connectivity index (χ0) is 15.7. The molecule has 0 saturated heterocycles. The Balaban J connectivity index is 1.98. The van der Waals surface area contributed by atoms with Crippen LogP contribution in [0.15, 0.2) is 42.5 Å². The number of aromatic nitrogens is 3. The molecule has 0 radical (unpaired) electrons. The molecule has 0 aliphatic rings. The molecule has 112 valence electrons. The molecule has 0 unspecified atom stereocenters. The minimum atomic E-state index is 0.127. The average molecular weight is 309 g/mol. The van der Waals surface area contributed by atoms with Gasteiger partial charge < -0.3 is 0 Å². The first-order valence-corrected chi connectivity index (χ1v) is 8.13. The molecule has 3 rings (SSSR count). The van der Waals surface area contributed by atoms with E-state index in [0.717, 1.165) is 27.0 Å². The van der Waals surface area contributed by atoms with E-state index in [1.807, 2.05) is 25.1 Å². The number of hydrogen-bond acceptors (Lipinski definition) is 4. The monoisotopic (exact) mass is 309 g/mol. The molecule has 2 heterocycles. The fraction of sp³-hybridized carbons (Fsp3) is 0.278. The Morgan fingerprint density at radius 2 is 1.64 bits per heavy atom. The highest BCUT2D eigenvalue weighted by Crippen LogP contribution is 2.31. The van der Waals surface area contributed by atoms with Crippen molar-refractivity contribution in [1.29, 1.82) is 0 Å². The van der Waals surface area contributed by atoms with Gasteiger partial charge in [-0.05, 0) is 36.1 Å². The Labute approximate surface area is 135 Å². The summed E-state index contributed by atoms with van der Waals surface area (Å²) in [6.07, 6.45) is 0. The van der Waals surface area contributed by atoms with Gasteiger partial charge in [0.15, 0.2) is 5.01 Å². The molecule has 3 aromatic rings. The Bertz CT molecular complexity index is 800. The first-order valence-electron chi connectivity index (χ1n) is 7.32. The molecule has 0 fully saturated rings. The van der Waals surface area contributed by atoms with Gasteiger partial charge in [-0.15, -0.1) is 10.2 Å². The maximum atomic E-state index is 4.52. The van der Waals surface area contributed by atoms with Crippen molar-refractivity contribution in [2.24, 2.45) is 0 Å². The van der Waals surface area contributed by atoms with Gasteiger partial charge in [0.1, 0.15) is 10.7 Å². The molecule has 0 saturated carbocycles. The van der Waals surface area contributed by atoms with E-state index in [1.165, 1.54) is 5.56 Å². The number of benzene rings is 1. The highest BCUT2D eigenvalue weighted by atomic mass is 32.1. The molecule has 3 nitrogen and oxygen atoms in total. The predicted octanol–water partition coefficient (Wildman–Crippen LogP) is 4.87. The zero-order valence-electron chi connectivity index (χ0n) is 13.3. The van der Waals surface area contributed by atoms with Gasteiger partial charge in [-0.3, -0.25) is 4.98 Å². The van der Waals surface area contributed by atoms with E-state index in [2.05, 4.69) is 60.2 Å². The molecule has 1 aromatic carbocycles. The average Bonchev–Trinajstić information content (AvgIpc) is 2.96. The molecule has 0 aliphatic heterocycles. The Kier molecular flexibility index (Phi) is 3.79. The van der Waals surface area contributed by atoms with Gasteiger partial charge in [0.05, 0.1) is 0 Å². The fourth-order valence-corrected chi connectivity index (χ4v) is 3.03. The number of rotatable bonds is 2. The van der Waals surface area contributed by atoms with E-state index in [0.29, 0.717) is 0 Å². The third-order valence-electron chi connectivity index (χ3n) is 3.51. The Morgan fingerprint density at radius 1 is 0.909 bits per heavy atom. The van der Waals surface area contributed by atoms with Crippen LogP contribution in [0, 0.1) is 6.92 Å². The Hall–Kier alpha value is -2.07. The van der Waals surface area contributed by atoms with Crippen LogP contribution in [-0.2, 0) is 5.41 Å². The van der Waals surface area contributed by atoms with Gasteiger partial charge in [-0.2, -0.15) is 0 Å². The summed E-state index contributed by atoms with van der Waals surface area (Å²) >= 11 is 1.58.